The molecule has 0 fully saturated rings. The van der Waals surface area contributed by atoms with Gasteiger partial charge < -0.3 is 5.32 Å². The minimum atomic E-state index is -4.53. The third kappa shape index (κ3) is 2.98. The molecule has 0 aliphatic carbocycles. The molecule has 0 atom stereocenters. The van der Waals surface area contributed by atoms with E-state index in [9.17, 15) is 17.6 Å². The predicted molar refractivity (Wildman–Crippen MR) is 60.8 cm³/mol. The van der Waals surface area contributed by atoms with E-state index in [0.29, 0.717) is 6.07 Å². The summed E-state index contributed by atoms with van der Waals surface area (Å²) in [7, 11) is 0. The quantitative estimate of drug-likeness (QED) is 0.860. The Hall–Kier alpha value is -1.63. The zero-order valence-electron chi connectivity index (χ0n) is 8.96. The number of alkyl halides is 3. The molecule has 0 saturated carbocycles. The average molecular weight is 276 g/mol. The second-order valence-electron chi connectivity index (χ2n) is 3.47. The highest BCUT2D eigenvalue weighted by Crippen LogP contribution is 2.31. The minimum Gasteiger partial charge on any atom is -0.376 e. The van der Waals surface area contributed by atoms with Crippen LogP contribution in [0.2, 0.25) is 0 Å². The van der Waals surface area contributed by atoms with Gasteiger partial charge >= 0.3 is 6.18 Å². The van der Waals surface area contributed by atoms with E-state index in [1.165, 1.54) is 11.3 Å². The Labute approximate surface area is 104 Å². The summed E-state index contributed by atoms with van der Waals surface area (Å²) < 4.78 is 50.4. The average Bonchev–Trinajstić information content (AvgIpc) is 2.79. The molecule has 2 nitrogen and oxygen atoms in total. The lowest BCUT2D eigenvalue weighted by Gasteiger charge is -2.10. The Morgan fingerprint density at radius 1 is 1.28 bits per heavy atom. The summed E-state index contributed by atoms with van der Waals surface area (Å²) >= 11 is 1.38. The Morgan fingerprint density at radius 2 is 2.06 bits per heavy atom. The van der Waals surface area contributed by atoms with E-state index in [0.717, 1.165) is 17.1 Å². The van der Waals surface area contributed by atoms with Gasteiger partial charge in [0.05, 0.1) is 17.8 Å². The first-order valence-electron chi connectivity index (χ1n) is 4.96. The fourth-order valence-corrected chi connectivity index (χ4v) is 1.90. The molecular weight excluding hydrogens is 268 g/mol. The number of nitrogens with zero attached hydrogens (tertiary/aromatic N) is 1. The van der Waals surface area contributed by atoms with Crippen molar-refractivity contribution in [2.24, 2.45) is 0 Å². The monoisotopic (exact) mass is 276 g/mol. The summed E-state index contributed by atoms with van der Waals surface area (Å²) in [6.45, 7) is 0.278. The lowest BCUT2D eigenvalue weighted by molar-refractivity contribution is -0.137. The maximum Gasteiger partial charge on any atom is 0.416 e. The summed E-state index contributed by atoms with van der Waals surface area (Å²) in [5, 5.41) is 5.19. The summed E-state index contributed by atoms with van der Waals surface area (Å²) in [5.74, 6) is -0.929. The molecule has 0 aliphatic rings. The van der Waals surface area contributed by atoms with Gasteiger partial charge in [-0.1, -0.05) is 0 Å². The van der Waals surface area contributed by atoms with Crippen molar-refractivity contribution in [3.05, 3.63) is 46.2 Å². The molecule has 0 unspecified atom stereocenters. The van der Waals surface area contributed by atoms with Gasteiger partial charge in [-0.15, -0.1) is 11.3 Å². The van der Waals surface area contributed by atoms with Crippen LogP contribution in [0.4, 0.5) is 23.2 Å². The summed E-state index contributed by atoms with van der Waals surface area (Å²) in [6.07, 6.45) is -2.93. The van der Waals surface area contributed by atoms with Crippen molar-refractivity contribution < 1.29 is 17.6 Å². The van der Waals surface area contributed by atoms with E-state index in [4.69, 9.17) is 0 Å². The van der Waals surface area contributed by atoms with Gasteiger partial charge in [0.1, 0.15) is 10.8 Å². The molecule has 96 valence electrons. The molecular formula is C11H8F4N2S. The molecule has 1 N–H and O–H groups in total. The highest BCUT2D eigenvalue weighted by Gasteiger charge is 2.31. The van der Waals surface area contributed by atoms with Gasteiger partial charge in [-0.05, 0) is 18.2 Å². The molecule has 0 radical (unpaired) electrons. The zero-order chi connectivity index (χ0) is 13.2. The van der Waals surface area contributed by atoms with Crippen molar-refractivity contribution in [1.82, 2.24) is 4.98 Å². The van der Waals surface area contributed by atoms with Crippen LogP contribution in [-0.4, -0.2) is 4.98 Å². The first-order chi connectivity index (χ1) is 8.47. The molecule has 1 heterocycles. The van der Waals surface area contributed by atoms with Gasteiger partial charge in [0.15, 0.2) is 0 Å². The van der Waals surface area contributed by atoms with Gasteiger partial charge in [-0.3, -0.25) is 0 Å². The fraction of sp³-hybridized carbons (Fsp3) is 0.182. The maximum atomic E-state index is 13.4. The number of anilines is 1. The van der Waals surface area contributed by atoms with Crippen LogP contribution in [-0.2, 0) is 12.7 Å². The normalized spacial score (nSPS) is 11.6. The fourth-order valence-electron chi connectivity index (χ4n) is 1.35. The SMILES string of the molecule is Fc1cc(C(F)(F)F)ccc1NCc1nccs1. The van der Waals surface area contributed by atoms with Gasteiger partial charge in [0.2, 0.25) is 0 Å². The molecule has 1 aromatic heterocycles. The summed E-state index contributed by atoms with van der Waals surface area (Å²) in [6, 6.07) is 2.39. The van der Waals surface area contributed by atoms with E-state index >= 15 is 0 Å². The maximum absolute atomic E-state index is 13.4. The van der Waals surface area contributed by atoms with E-state index in [2.05, 4.69) is 10.3 Å². The van der Waals surface area contributed by atoms with Crippen LogP contribution >= 0.6 is 11.3 Å². The molecule has 7 heteroatoms. The molecule has 2 aromatic rings. The number of hydrogen-bond donors (Lipinski definition) is 1. The second kappa shape index (κ2) is 4.93. The molecule has 0 spiro atoms. The second-order valence-corrected chi connectivity index (χ2v) is 4.45. The molecule has 2 rings (SSSR count). The standard InChI is InChI=1S/C11H8F4N2S/c12-8-5-7(11(13,14)15)1-2-9(8)17-6-10-16-3-4-18-10/h1-5,17H,6H2. The Balaban J connectivity index is 2.10. The first-order valence-corrected chi connectivity index (χ1v) is 5.84. The van der Waals surface area contributed by atoms with Gasteiger partial charge in [0, 0.05) is 11.6 Å². The van der Waals surface area contributed by atoms with E-state index in [1.54, 1.807) is 11.6 Å². The predicted octanol–water partition coefficient (Wildman–Crippen LogP) is 3.91. The molecule has 1 aromatic carbocycles. The Morgan fingerprint density at radius 3 is 2.61 bits per heavy atom. The van der Waals surface area contributed by atoms with Crippen LogP contribution in [0.1, 0.15) is 10.6 Å². The largest absolute Gasteiger partial charge is 0.416 e. The topological polar surface area (TPSA) is 24.9 Å². The van der Waals surface area contributed by atoms with Crippen LogP contribution in [0.3, 0.4) is 0 Å². The number of aromatic nitrogens is 1. The molecule has 0 saturated heterocycles. The Kier molecular flexibility index (Phi) is 3.51. The van der Waals surface area contributed by atoms with Crippen LogP contribution < -0.4 is 5.32 Å². The van der Waals surface area contributed by atoms with Gasteiger partial charge in [0.25, 0.3) is 0 Å². The highest BCUT2D eigenvalue weighted by atomic mass is 32.1. The van der Waals surface area contributed by atoms with Crippen molar-refractivity contribution in [1.29, 1.82) is 0 Å². The van der Waals surface area contributed by atoms with Crippen molar-refractivity contribution >= 4 is 17.0 Å². The van der Waals surface area contributed by atoms with Gasteiger partial charge in [-0.2, -0.15) is 13.2 Å². The zero-order valence-corrected chi connectivity index (χ0v) is 9.78. The number of benzene rings is 1. The number of hydrogen-bond acceptors (Lipinski definition) is 3. The van der Waals surface area contributed by atoms with Crippen LogP contribution in [0, 0.1) is 5.82 Å². The van der Waals surface area contributed by atoms with E-state index in [-0.39, 0.29) is 12.2 Å². The van der Waals surface area contributed by atoms with Crippen molar-refractivity contribution in [2.75, 3.05) is 5.32 Å². The number of rotatable bonds is 3. The van der Waals surface area contributed by atoms with Crippen LogP contribution in [0.5, 0.6) is 0 Å². The lowest BCUT2D eigenvalue weighted by Crippen LogP contribution is -2.07. The third-order valence-corrected chi connectivity index (χ3v) is 2.99. The number of thiazole rings is 1. The minimum absolute atomic E-state index is 0.0261. The van der Waals surface area contributed by atoms with Crippen molar-refractivity contribution in [2.45, 2.75) is 12.7 Å². The Bertz CT molecular complexity index is 522. The van der Waals surface area contributed by atoms with Crippen LogP contribution in [0.15, 0.2) is 29.8 Å². The summed E-state index contributed by atoms with van der Waals surface area (Å²) in [4.78, 5) is 3.97. The molecule has 0 amide bonds. The lowest BCUT2D eigenvalue weighted by atomic mass is 10.2. The van der Waals surface area contributed by atoms with E-state index in [1.807, 2.05) is 0 Å². The third-order valence-electron chi connectivity index (χ3n) is 2.21. The number of nitrogens with one attached hydrogen (secondary N) is 1. The summed E-state index contributed by atoms with van der Waals surface area (Å²) in [5.41, 5.74) is -0.974. The molecule has 0 aliphatic heterocycles. The number of halogens is 4. The smallest absolute Gasteiger partial charge is 0.376 e. The van der Waals surface area contributed by atoms with Gasteiger partial charge in [-0.25, -0.2) is 9.37 Å². The van der Waals surface area contributed by atoms with Crippen molar-refractivity contribution in [3.63, 3.8) is 0 Å². The van der Waals surface area contributed by atoms with Crippen molar-refractivity contribution in [3.8, 4) is 0 Å². The highest BCUT2D eigenvalue weighted by molar-refractivity contribution is 7.09. The first kappa shape index (κ1) is 12.8. The van der Waals surface area contributed by atoms with Crippen LogP contribution in [0.25, 0.3) is 0 Å². The van der Waals surface area contributed by atoms with E-state index < -0.39 is 17.6 Å². The molecule has 0 bridgehead atoms. The molecule has 18 heavy (non-hydrogen) atoms.